The molecule has 2 aromatic rings. The summed E-state index contributed by atoms with van der Waals surface area (Å²) in [5.74, 6) is 0.879. The van der Waals surface area contributed by atoms with Crippen molar-refractivity contribution in [2.75, 3.05) is 0 Å². The van der Waals surface area contributed by atoms with Crippen LogP contribution in [0.1, 0.15) is 28.4 Å². The fourth-order valence-corrected chi connectivity index (χ4v) is 2.51. The third kappa shape index (κ3) is 2.36. The average Bonchev–Trinajstić information content (AvgIpc) is 2.38. The molecule has 1 atom stereocenters. The number of benzene rings is 2. The highest BCUT2D eigenvalue weighted by Gasteiger charge is 2.27. The largest absolute Gasteiger partial charge is 0.508 e. The maximum absolute atomic E-state index is 12.1. The Morgan fingerprint density at radius 2 is 1.89 bits per heavy atom. The highest BCUT2D eigenvalue weighted by Crippen LogP contribution is 2.36. The molecule has 96 valence electrons. The monoisotopic (exact) mass is 318 g/mol. The van der Waals surface area contributed by atoms with Crippen LogP contribution < -0.4 is 4.74 Å². The molecule has 0 fully saturated rings. The van der Waals surface area contributed by atoms with Gasteiger partial charge in [0, 0.05) is 4.47 Å². The molecule has 3 nitrogen and oxygen atoms in total. The minimum atomic E-state index is -0.296. The molecular weight excluding hydrogens is 308 g/mol. The van der Waals surface area contributed by atoms with Gasteiger partial charge in [0.25, 0.3) is 0 Å². The number of hydrogen-bond acceptors (Lipinski definition) is 3. The van der Waals surface area contributed by atoms with Crippen molar-refractivity contribution in [2.24, 2.45) is 0 Å². The molecule has 2 aromatic carbocycles. The zero-order valence-corrected chi connectivity index (χ0v) is 11.6. The van der Waals surface area contributed by atoms with Gasteiger partial charge in [0.1, 0.15) is 17.6 Å². The van der Waals surface area contributed by atoms with E-state index in [0.29, 0.717) is 17.7 Å². The molecule has 0 amide bonds. The first-order valence-electron chi connectivity index (χ1n) is 5.92. The molecule has 4 heteroatoms. The summed E-state index contributed by atoms with van der Waals surface area (Å²) in [6.45, 7) is 0. The van der Waals surface area contributed by atoms with E-state index in [4.69, 9.17) is 4.74 Å². The van der Waals surface area contributed by atoms with Crippen LogP contribution in [-0.2, 0) is 0 Å². The first-order chi connectivity index (χ1) is 9.13. The summed E-state index contributed by atoms with van der Waals surface area (Å²) in [6, 6.07) is 12.2. The van der Waals surface area contributed by atoms with Gasteiger partial charge in [-0.05, 0) is 35.9 Å². The molecule has 1 aliphatic rings. The Morgan fingerprint density at radius 1 is 1.16 bits per heavy atom. The summed E-state index contributed by atoms with van der Waals surface area (Å²) < 4.78 is 6.76. The predicted octanol–water partition coefficient (Wildman–Crippen LogP) is 3.86. The lowest BCUT2D eigenvalue weighted by molar-refractivity contribution is 0.0850. The number of ether oxygens (including phenoxy) is 1. The third-order valence-corrected chi connectivity index (χ3v) is 3.64. The zero-order valence-electron chi connectivity index (χ0n) is 9.97. The van der Waals surface area contributed by atoms with E-state index in [2.05, 4.69) is 15.9 Å². The molecule has 0 aromatic heterocycles. The fourth-order valence-electron chi connectivity index (χ4n) is 2.17. The highest BCUT2D eigenvalue weighted by atomic mass is 79.9. The smallest absolute Gasteiger partial charge is 0.170 e. The molecule has 0 bridgehead atoms. The van der Waals surface area contributed by atoms with E-state index in [9.17, 15) is 9.90 Å². The van der Waals surface area contributed by atoms with Gasteiger partial charge in [-0.25, -0.2) is 0 Å². The lowest BCUT2D eigenvalue weighted by Gasteiger charge is -2.25. The van der Waals surface area contributed by atoms with Crippen LogP contribution in [0.5, 0.6) is 11.5 Å². The quantitative estimate of drug-likeness (QED) is 0.868. The Balaban J connectivity index is 1.96. The Kier molecular flexibility index (Phi) is 3.03. The Morgan fingerprint density at radius 3 is 2.63 bits per heavy atom. The van der Waals surface area contributed by atoms with Crippen molar-refractivity contribution in [1.29, 1.82) is 0 Å². The van der Waals surface area contributed by atoms with Gasteiger partial charge in [-0.15, -0.1) is 0 Å². The Labute approximate surface area is 119 Å². The second-order valence-corrected chi connectivity index (χ2v) is 5.38. The van der Waals surface area contributed by atoms with Crippen LogP contribution in [0.25, 0.3) is 0 Å². The van der Waals surface area contributed by atoms with Crippen LogP contribution in [0.2, 0.25) is 0 Å². The second kappa shape index (κ2) is 4.70. The molecular formula is C15H11BrO3. The molecule has 1 heterocycles. The van der Waals surface area contributed by atoms with Gasteiger partial charge in [0.2, 0.25) is 0 Å². The Hall–Kier alpha value is -1.81. The highest BCUT2D eigenvalue weighted by molar-refractivity contribution is 9.10. The van der Waals surface area contributed by atoms with E-state index in [-0.39, 0.29) is 17.6 Å². The van der Waals surface area contributed by atoms with Gasteiger partial charge < -0.3 is 9.84 Å². The third-order valence-electron chi connectivity index (χ3n) is 3.15. The van der Waals surface area contributed by atoms with Crippen LogP contribution in [0, 0.1) is 0 Å². The number of aromatic hydroxyl groups is 1. The van der Waals surface area contributed by atoms with Crippen LogP contribution in [0.15, 0.2) is 46.9 Å². The summed E-state index contributed by atoms with van der Waals surface area (Å²) >= 11 is 3.37. The van der Waals surface area contributed by atoms with Crippen molar-refractivity contribution < 1.29 is 14.6 Å². The van der Waals surface area contributed by atoms with Crippen molar-refractivity contribution in [3.8, 4) is 11.5 Å². The average molecular weight is 319 g/mol. The summed E-state index contributed by atoms with van der Waals surface area (Å²) in [7, 11) is 0. The predicted molar refractivity (Wildman–Crippen MR) is 74.6 cm³/mol. The van der Waals surface area contributed by atoms with Crippen LogP contribution in [-0.4, -0.2) is 10.9 Å². The molecule has 3 rings (SSSR count). The maximum Gasteiger partial charge on any atom is 0.170 e. The first-order valence-corrected chi connectivity index (χ1v) is 6.71. The minimum absolute atomic E-state index is 0.0758. The lowest BCUT2D eigenvalue weighted by Crippen LogP contribution is -2.20. The molecule has 1 aliphatic heterocycles. The van der Waals surface area contributed by atoms with Gasteiger partial charge in [0.15, 0.2) is 5.78 Å². The minimum Gasteiger partial charge on any atom is -0.508 e. The lowest BCUT2D eigenvalue weighted by atomic mass is 9.96. The number of ketones is 1. The number of carbonyl (C=O) groups excluding carboxylic acids is 1. The second-order valence-electron chi connectivity index (χ2n) is 4.47. The standard InChI is InChI=1S/C15H11BrO3/c16-10-3-6-12-13(18)8-14(19-15(12)7-10)9-1-4-11(17)5-2-9/h1-7,14,17H,8H2. The maximum atomic E-state index is 12.1. The SMILES string of the molecule is O=C1CC(c2ccc(O)cc2)Oc2cc(Br)ccc21. The molecule has 19 heavy (non-hydrogen) atoms. The number of fused-ring (bicyclic) bond motifs is 1. The van der Waals surface area contributed by atoms with Crippen LogP contribution in [0.3, 0.4) is 0 Å². The summed E-state index contributed by atoms with van der Waals surface area (Å²) in [5.41, 5.74) is 1.51. The number of Topliss-reactive ketones (excluding diaryl/α,β-unsaturated/α-hetero) is 1. The number of carbonyl (C=O) groups is 1. The van der Waals surface area contributed by atoms with Gasteiger partial charge >= 0.3 is 0 Å². The molecule has 1 unspecified atom stereocenters. The van der Waals surface area contributed by atoms with Crippen molar-refractivity contribution in [3.63, 3.8) is 0 Å². The number of halogens is 1. The molecule has 0 aliphatic carbocycles. The number of hydrogen-bond donors (Lipinski definition) is 1. The molecule has 1 N–H and O–H groups in total. The number of phenols is 1. The van der Waals surface area contributed by atoms with Crippen molar-refractivity contribution >= 4 is 21.7 Å². The van der Waals surface area contributed by atoms with E-state index in [1.165, 1.54) is 0 Å². The fraction of sp³-hybridized carbons (Fsp3) is 0.133. The zero-order chi connectivity index (χ0) is 13.4. The van der Waals surface area contributed by atoms with E-state index < -0.39 is 0 Å². The molecule has 0 saturated carbocycles. The normalized spacial score (nSPS) is 17.7. The Bertz CT molecular complexity index is 634. The van der Waals surface area contributed by atoms with Gasteiger partial charge in [0.05, 0.1) is 12.0 Å². The van der Waals surface area contributed by atoms with Crippen molar-refractivity contribution in [1.82, 2.24) is 0 Å². The van der Waals surface area contributed by atoms with Gasteiger partial charge in [-0.2, -0.15) is 0 Å². The number of rotatable bonds is 1. The summed E-state index contributed by atoms with van der Waals surface area (Å²) in [5, 5.41) is 9.29. The topological polar surface area (TPSA) is 46.5 Å². The van der Waals surface area contributed by atoms with Crippen LogP contribution >= 0.6 is 15.9 Å². The van der Waals surface area contributed by atoms with Gasteiger partial charge in [-0.3, -0.25) is 4.79 Å². The van der Waals surface area contributed by atoms with E-state index in [0.717, 1.165) is 10.0 Å². The molecule has 0 radical (unpaired) electrons. The van der Waals surface area contributed by atoms with E-state index >= 15 is 0 Å². The molecule has 0 spiro atoms. The van der Waals surface area contributed by atoms with Crippen LogP contribution in [0.4, 0.5) is 0 Å². The summed E-state index contributed by atoms with van der Waals surface area (Å²) in [4.78, 5) is 12.1. The summed E-state index contributed by atoms with van der Waals surface area (Å²) in [6.07, 6.45) is 0.0225. The number of phenolic OH excluding ortho intramolecular Hbond substituents is 1. The molecule has 0 saturated heterocycles. The van der Waals surface area contributed by atoms with E-state index in [1.807, 2.05) is 6.07 Å². The first kappa shape index (κ1) is 12.2. The van der Waals surface area contributed by atoms with Crippen molar-refractivity contribution in [2.45, 2.75) is 12.5 Å². The van der Waals surface area contributed by atoms with E-state index in [1.54, 1.807) is 36.4 Å². The van der Waals surface area contributed by atoms with Gasteiger partial charge in [-0.1, -0.05) is 28.1 Å². The van der Waals surface area contributed by atoms with Crippen molar-refractivity contribution in [3.05, 3.63) is 58.1 Å².